The first-order valence-corrected chi connectivity index (χ1v) is 9.37. The van der Waals surface area contributed by atoms with Crippen LogP contribution in [0.15, 0.2) is 29.3 Å². The van der Waals surface area contributed by atoms with Crippen molar-refractivity contribution in [1.82, 2.24) is 10.2 Å². The van der Waals surface area contributed by atoms with Crippen LogP contribution < -0.4 is 10.6 Å². The van der Waals surface area contributed by atoms with Crippen LogP contribution in [0.1, 0.15) is 32.3 Å². The van der Waals surface area contributed by atoms with E-state index in [1.54, 1.807) is 7.05 Å². The molecular formula is C20H31IN4O3. The molecule has 2 N–H and O–H groups in total. The minimum Gasteiger partial charge on any atom is -0.469 e. The second-order valence-electron chi connectivity index (χ2n) is 7.03. The van der Waals surface area contributed by atoms with Gasteiger partial charge in [0.25, 0.3) is 0 Å². The number of halogens is 1. The zero-order valence-corrected chi connectivity index (χ0v) is 19.4. The number of methoxy groups -OCH3 is 1. The lowest BCUT2D eigenvalue weighted by molar-refractivity contribution is -0.146. The van der Waals surface area contributed by atoms with Crippen molar-refractivity contribution < 1.29 is 14.3 Å². The van der Waals surface area contributed by atoms with Crippen molar-refractivity contribution >= 4 is 47.5 Å². The fourth-order valence-electron chi connectivity index (χ4n) is 3.00. The zero-order chi connectivity index (χ0) is 19.8. The largest absolute Gasteiger partial charge is 0.469 e. The van der Waals surface area contributed by atoms with E-state index < -0.39 is 0 Å². The molecule has 0 spiro atoms. The molecule has 1 saturated heterocycles. The summed E-state index contributed by atoms with van der Waals surface area (Å²) in [7, 11) is 3.20. The monoisotopic (exact) mass is 502 g/mol. The number of carbonyl (C=O) groups excluding carboxylic acids is 2. The average Bonchev–Trinajstić information content (AvgIpc) is 2.69. The number of esters is 1. The fourth-order valence-corrected chi connectivity index (χ4v) is 3.00. The third kappa shape index (κ3) is 6.96. The Morgan fingerprint density at radius 2 is 1.82 bits per heavy atom. The highest BCUT2D eigenvalue weighted by Crippen LogP contribution is 2.18. The molecule has 1 aromatic rings. The smallest absolute Gasteiger partial charge is 0.308 e. The van der Waals surface area contributed by atoms with Crippen LogP contribution in [-0.2, 0) is 20.9 Å². The van der Waals surface area contributed by atoms with Crippen molar-refractivity contribution in [2.24, 2.45) is 16.8 Å². The Bertz CT molecular complexity index is 669. The van der Waals surface area contributed by atoms with Crippen LogP contribution in [0.25, 0.3) is 0 Å². The number of rotatable bonds is 5. The predicted octanol–water partition coefficient (Wildman–Crippen LogP) is 2.86. The molecule has 0 unspecified atom stereocenters. The van der Waals surface area contributed by atoms with Gasteiger partial charge in [-0.15, -0.1) is 24.0 Å². The van der Waals surface area contributed by atoms with Crippen molar-refractivity contribution in [3.8, 4) is 0 Å². The average molecular weight is 502 g/mol. The molecule has 0 radical (unpaired) electrons. The van der Waals surface area contributed by atoms with E-state index >= 15 is 0 Å². The normalized spacial score (nSPS) is 15.0. The van der Waals surface area contributed by atoms with E-state index in [4.69, 9.17) is 4.74 Å². The Morgan fingerprint density at radius 1 is 1.21 bits per heavy atom. The summed E-state index contributed by atoms with van der Waals surface area (Å²) in [4.78, 5) is 29.9. The maximum absolute atomic E-state index is 11.7. The second-order valence-corrected chi connectivity index (χ2v) is 7.03. The number of ether oxygens (including phenoxy) is 1. The van der Waals surface area contributed by atoms with Gasteiger partial charge >= 0.3 is 5.97 Å². The molecule has 0 aliphatic carbocycles. The lowest BCUT2D eigenvalue weighted by Gasteiger charge is -2.33. The Morgan fingerprint density at radius 3 is 2.32 bits per heavy atom. The first-order chi connectivity index (χ1) is 12.9. The third-order valence-electron chi connectivity index (χ3n) is 4.74. The standard InChI is InChI=1S/C20H30N4O3.HI/c1-14(2)18(25)23-17-7-5-15(6-8-17)13-22-20(21-3)24-11-9-16(10-12-24)19(26)27-4;/h5-8,14,16H,9-13H2,1-4H3,(H,21,22)(H,23,25);1H. The Kier molecular flexibility index (Phi) is 10.3. The van der Waals surface area contributed by atoms with Crippen LogP contribution >= 0.6 is 24.0 Å². The molecule has 156 valence electrons. The summed E-state index contributed by atoms with van der Waals surface area (Å²) in [6, 6.07) is 7.78. The molecule has 1 heterocycles. The summed E-state index contributed by atoms with van der Waals surface area (Å²) in [5.41, 5.74) is 1.90. The Hall–Kier alpha value is -1.84. The second kappa shape index (κ2) is 11.9. The molecule has 8 heteroatoms. The number of likely N-dealkylation sites (tertiary alicyclic amines) is 1. The number of hydrogen-bond donors (Lipinski definition) is 2. The SMILES string of the molecule is CN=C(NCc1ccc(NC(=O)C(C)C)cc1)N1CCC(C(=O)OC)CC1.I. The summed E-state index contributed by atoms with van der Waals surface area (Å²) >= 11 is 0. The maximum Gasteiger partial charge on any atom is 0.308 e. The van der Waals surface area contributed by atoms with E-state index in [9.17, 15) is 9.59 Å². The van der Waals surface area contributed by atoms with Crippen LogP contribution in [0.4, 0.5) is 5.69 Å². The van der Waals surface area contributed by atoms with Crippen LogP contribution in [0.2, 0.25) is 0 Å². The van der Waals surface area contributed by atoms with Crippen molar-refractivity contribution in [3.05, 3.63) is 29.8 Å². The predicted molar refractivity (Wildman–Crippen MR) is 122 cm³/mol. The molecule has 0 atom stereocenters. The number of nitrogens with one attached hydrogen (secondary N) is 2. The summed E-state index contributed by atoms with van der Waals surface area (Å²) in [5, 5.41) is 6.25. The number of amides is 1. The number of guanidine groups is 1. The van der Waals surface area contributed by atoms with E-state index in [2.05, 4.69) is 20.5 Å². The van der Waals surface area contributed by atoms with Gasteiger partial charge in [0, 0.05) is 38.3 Å². The van der Waals surface area contributed by atoms with Crippen molar-refractivity contribution in [1.29, 1.82) is 0 Å². The van der Waals surface area contributed by atoms with Gasteiger partial charge in [0.1, 0.15) is 0 Å². The van der Waals surface area contributed by atoms with E-state index in [-0.39, 0.29) is 47.7 Å². The molecule has 28 heavy (non-hydrogen) atoms. The highest BCUT2D eigenvalue weighted by molar-refractivity contribution is 14.0. The minimum absolute atomic E-state index is 0. The molecule has 1 aliphatic heterocycles. The van der Waals surface area contributed by atoms with Gasteiger partial charge in [-0.2, -0.15) is 0 Å². The molecule has 1 amide bonds. The van der Waals surface area contributed by atoms with E-state index in [1.165, 1.54) is 7.11 Å². The third-order valence-corrected chi connectivity index (χ3v) is 4.74. The molecule has 1 fully saturated rings. The minimum atomic E-state index is -0.123. The molecule has 1 aromatic carbocycles. The number of carbonyl (C=O) groups is 2. The van der Waals surface area contributed by atoms with Gasteiger partial charge in [-0.3, -0.25) is 14.6 Å². The van der Waals surface area contributed by atoms with Crippen LogP contribution in [-0.4, -0.2) is 50.0 Å². The number of nitrogens with zero attached hydrogens (tertiary/aromatic N) is 2. The van der Waals surface area contributed by atoms with Crippen molar-refractivity contribution in [2.75, 3.05) is 32.6 Å². The molecule has 2 rings (SSSR count). The van der Waals surface area contributed by atoms with Gasteiger partial charge in [-0.25, -0.2) is 0 Å². The van der Waals surface area contributed by atoms with Gasteiger partial charge in [0.05, 0.1) is 13.0 Å². The van der Waals surface area contributed by atoms with Crippen LogP contribution in [0.3, 0.4) is 0 Å². The van der Waals surface area contributed by atoms with Gasteiger partial charge in [-0.1, -0.05) is 26.0 Å². The number of piperidine rings is 1. The molecule has 0 saturated carbocycles. The first kappa shape index (κ1) is 24.2. The van der Waals surface area contributed by atoms with E-state index in [0.717, 1.165) is 43.1 Å². The van der Waals surface area contributed by atoms with E-state index in [1.807, 2.05) is 38.1 Å². The number of benzene rings is 1. The summed E-state index contributed by atoms with van der Waals surface area (Å²) < 4.78 is 4.83. The van der Waals surface area contributed by atoms with Crippen LogP contribution in [0, 0.1) is 11.8 Å². The van der Waals surface area contributed by atoms with Gasteiger partial charge in [0.15, 0.2) is 5.96 Å². The number of anilines is 1. The number of aliphatic imine (C=N–C) groups is 1. The quantitative estimate of drug-likeness (QED) is 0.280. The maximum atomic E-state index is 11.7. The molecule has 7 nitrogen and oxygen atoms in total. The highest BCUT2D eigenvalue weighted by Gasteiger charge is 2.26. The lowest BCUT2D eigenvalue weighted by atomic mass is 9.97. The van der Waals surface area contributed by atoms with Crippen molar-refractivity contribution in [2.45, 2.75) is 33.2 Å². The van der Waals surface area contributed by atoms with Gasteiger partial charge < -0.3 is 20.3 Å². The molecule has 1 aliphatic rings. The lowest BCUT2D eigenvalue weighted by Crippen LogP contribution is -2.46. The Balaban J connectivity index is 0.00000392. The molecule has 0 aromatic heterocycles. The molecule has 0 bridgehead atoms. The topological polar surface area (TPSA) is 83.0 Å². The summed E-state index contributed by atoms with van der Waals surface area (Å²) in [6.07, 6.45) is 1.55. The summed E-state index contributed by atoms with van der Waals surface area (Å²) in [5.74, 6) is 0.658. The van der Waals surface area contributed by atoms with E-state index in [0.29, 0.717) is 6.54 Å². The zero-order valence-electron chi connectivity index (χ0n) is 17.0. The Labute approximate surface area is 184 Å². The molecular weight excluding hydrogens is 471 g/mol. The highest BCUT2D eigenvalue weighted by atomic mass is 127. The van der Waals surface area contributed by atoms with Gasteiger partial charge in [-0.05, 0) is 30.5 Å². The van der Waals surface area contributed by atoms with Crippen LogP contribution in [0.5, 0.6) is 0 Å². The van der Waals surface area contributed by atoms with Crippen molar-refractivity contribution in [3.63, 3.8) is 0 Å². The first-order valence-electron chi connectivity index (χ1n) is 9.37. The summed E-state index contributed by atoms with van der Waals surface area (Å²) in [6.45, 7) is 5.93. The van der Waals surface area contributed by atoms with Gasteiger partial charge in [0.2, 0.25) is 5.91 Å². The fraction of sp³-hybridized carbons (Fsp3) is 0.550. The number of hydrogen-bond acceptors (Lipinski definition) is 4.